The maximum Gasteiger partial charge on any atom is 0.271 e. The molecule has 0 unspecified atom stereocenters. The van der Waals surface area contributed by atoms with Crippen LogP contribution >= 0.6 is 39.1 Å². The Hall–Kier alpha value is -2.74. The van der Waals surface area contributed by atoms with Gasteiger partial charge in [0.1, 0.15) is 6.61 Å². The molecule has 3 aromatic carbocycles. The fourth-order valence-corrected chi connectivity index (χ4v) is 4.66. The lowest BCUT2D eigenvalue weighted by atomic mass is 10.2. The number of halogens is 3. The summed E-state index contributed by atoms with van der Waals surface area (Å²) < 4.78 is 12.1. The van der Waals surface area contributed by atoms with E-state index in [1.165, 1.54) is 12.8 Å². The summed E-state index contributed by atoms with van der Waals surface area (Å²) in [6, 6.07) is 16.5. The number of amides is 1. The molecule has 35 heavy (non-hydrogen) atoms. The van der Waals surface area contributed by atoms with Gasteiger partial charge in [-0.1, -0.05) is 29.3 Å². The summed E-state index contributed by atoms with van der Waals surface area (Å²) in [7, 11) is 1.56. The zero-order chi connectivity index (χ0) is 24.8. The Kier molecular flexibility index (Phi) is 8.55. The second-order valence-corrected chi connectivity index (χ2v) is 9.68. The summed E-state index contributed by atoms with van der Waals surface area (Å²) in [4.78, 5) is 14.8. The number of carbonyl (C=O) groups is 1. The third kappa shape index (κ3) is 6.48. The van der Waals surface area contributed by atoms with Gasteiger partial charge in [0.25, 0.3) is 5.91 Å². The van der Waals surface area contributed by atoms with Crippen molar-refractivity contribution in [2.24, 2.45) is 5.10 Å². The Labute approximate surface area is 222 Å². The van der Waals surface area contributed by atoms with Crippen LogP contribution < -0.4 is 19.8 Å². The first-order valence-corrected chi connectivity index (χ1v) is 12.6. The van der Waals surface area contributed by atoms with Gasteiger partial charge in [0.15, 0.2) is 11.5 Å². The molecule has 0 saturated carbocycles. The maximum absolute atomic E-state index is 12.5. The van der Waals surface area contributed by atoms with Crippen LogP contribution in [0.15, 0.2) is 64.2 Å². The van der Waals surface area contributed by atoms with Crippen molar-refractivity contribution < 1.29 is 14.3 Å². The van der Waals surface area contributed by atoms with Crippen LogP contribution in [0.5, 0.6) is 11.5 Å². The van der Waals surface area contributed by atoms with Crippen molar-refractivity contribution in [3.8, 4) is 11.5 Å². The Morgan fingerprint density at radius 1 is 1.09 bits per heavy atom. The molecule has 0 spiro atoms. The highest BCUT2D eigenvalue weighted by molar-refractivity contribution is 9.10. The molecule has 1 aliphatic heterocycles. The van der Waals surface area contributed by atoms with Gasteiger partial charge in [-0.3, -0.25) is 4.79 Å². The van der Waals surface area contributed by atoms with E-state index in [0.29, 0.717) is 31.6 Å². The molecule has 182 valence electrons. The number of rotatable bonds is 8. The summed E-state index contributed by atoms with van der Waals surface area (Å²) in [5, 5.41) is 5.05. The van der Waals surface area contributed by atoms with Gasteiger partial charge in [-0.25, -0.2) is 5.43 Å². The summed E-state index contributed by atoms with van der Waals surface area (Å²) >= 11 is 15.6. The quantitative estimate of drug-likeness (QED) is 0.239. The monoisotopic (exact) mass is 575 g/mol. The number of anilines is 1. The number of hydrogen-bond acceptors (Lipinski definition) is 5. The molecular weight excluding hydrogens is 553 g/mol. The van der Waals surface area contributed by atoms with Crippen LogP contribution in [-0.4, -0.2) is 32.3 Å². The molecule has 9 heteroatoms. The minimum atomic E-state index is -0.276. The predicted molar refractivity (Wildman–Crippen MR) is 144 cm³/mol. The van der Waals surface area contributed by atoms with Crippen LogP contribution in [0.2, 0.25) is 10.0 Å². The number of carbonyl (C=O) groups excluding carboxylic acids is 1. The van der Waals surface area contributed by atoms with Crippen LogP contribution in [0.3, 0.4) is 0 Å². The third-order valence-corrected chi connectivity index (χ3v) is 6.93. The maximum atomic E-state index is 12.5. The van der Waals surface area contributed by atoms with Gasteiger partial charge in [0.05, 0.1) is 27.8 Å². The smallest absolute Gasteiger partial charge is 0.271 e. The molecule has 3 aromatic rings. The highest BCUT2D eigenvalue weighted by Crippen LogP contribution is 2.37. The van der Waals surface area contributed by atoms with Crippen molar-refractivity contribution in [2.75, 3.05) is 25.1 Å². The average Bonchev–Trinajstić information content (AvgIpc) is 3.40. The fraction of sp³-hybridized carbons (Fsp3) is 0.231. The van der Waals surface area contributed by atoms with E-state index in [1.807, 2.05) is 36.4 Å². The van der Waals surface area contributed by atoms with Gasteiger partial charge in [0.2, 0.25) is 0 Å². The molecule has 6 nitrogen and oxygen atoms in total. The van der Waals surface area contributed by atoms with Gasteiger partial charge < -0.3 is 14.4 Å². The van der Waals surface area contributed by atoms with Crippen molar-refractivity contribution in [3.05, 3.63) is 85.8 Å². The van der Waals surface area contributed by atoms with Gasteiger partial charge in [-0.15, -0.1) is 0 Å². The molecule has 1 saturated heterocycles. The average molecular weight is 577 g/mol. The zero-order valence-electron chi connectivity index (χ0n) is 19.1. The molecule has 0 bridgehead atoms. The molecule has 0 aliphatic carbocycles. The lowest BCUT2D eigenvalue weighted by Gasteiger charge is -2.17. The van der Waals surface area contributed by atoms with Gasteiger partial charge in [0, 0.05) is 24.3 Å². The Balaban J connectivity index is 1.38. The molecule has 0 atom stereocenters. The van der Waals surface area contributed by atoms with Crippen molar-refractivity contribution in [3.63, 3.8) is 0 Å². The molecular formula is C26H24BrCl2N3O3. The van der Waals surface area contributed by atoms with Crippen LogP contribution in [0.25, 0.3) is 0 Å². The molecule has 1 heterocycles. The number of benzene rings is 3. The minimum absolute atomic E-state index is 0.276. The van der Waals surface area contributed by atoms with E-state index in [4.69, 9.17) is 32.7 Å². The van der Waals surface area contributed by atoms with Crippen LogP contribution in [0.1, 0.15) is 34.3 Å². The number of nitrogens with zero attached hydrogens (tertiary/aromatic N) is 2. The van der Waals surface area contributed by atoms with Crippen LogP contribution in [0, 0.1) is 0 Å². The van der Waals surface area contributed by atoms with Crippen molar-refractivity contribution in [1.29, 1.82) is 0 Å². The Morgan fingerprint density at radius 2 is 1.83 bits per heavy atom. The van der Waals surface area contributed by atoms with Crippen molar-refractivity contribution in [2.45, 2.75) is 19.4 Å². The molecule has 1 fully saturated rings. The van der Waals surface area contributed by atoms with Crippen molar-refractivity contribution >= 4 is 56.9 Å². The van der Waals surface area contributed by atoms with Gasteiger partial charge in [-0.05, 0) is 88.4 Å². The molecule has 0 radical (unpaired) electrons. The standard InChI is InChI=1S/C26H24BrCl2N3O3/c1-34-24-14-18(12-21(27)25(24)35-16-17-4-9-22(28)23(29)13-17)15-30-31-26(33)19-5-7-20(8-6-19)32-10-2-3-11-32/h4-9,12-15H,2-3,10-11,16H2,1H3,(H,31,33)/b30-15-. The van der Waals surface area contributed by atoms with E-state index in [-0.39, 0.29) is 12.5 Å². The summed E-state index contributed by atoms with van der Waals surface area (Å²) in [5.41, 5.74) is 5.85. The van der Waals surface area contributed by atoms with Gasteiger partial charge >= 0.3 is 0 Å². The second kappa shape index (κ2) is 11.8. The minimum Gasteiger partial charge on any atom is -0.493 e. The zero-order valence-corrected chi connectivity index (χ0v) is 22.2. The first kappa shape index (κ1) is 25.4. The molecule has 1 N–H and O–H groups in total. The normalized spacial score (nSPS) is 13.3. The number of ether oxygens (including phenoxy) is 2. The third-order valence-electron chi connectivity index (χ3n) is 5.60. The first-order chi connectivity index (χ1) is 16.9. The topological polar surface area (TPSA) is 63.2 Å². The second-order valence-electron chi connectivity index (χ2n) is 8.01. The fourth-order valence-electron chi connectivity index (χ4n) is 3.77. The summed E-state index contributed by atoms with van der Waals surface area (Å²) in [6.07, 6.45) is 3.97. The Bertz CT molecular complexity index is 1230. The van der Waals surface area contributed by atoms with E-state index < -0.39 is 0 Å². The largest absolute Gasteiger partial charge is 0.493 e. The Morgan fingerprint density at radius 3 is 2.51 bits per heavy atom. The summed E-state index contributed by atoms with van der Waals surface area (Å²) in [6.45, 7) is 2.41. The van der Waals surface area contributed by atoms with Crippen LogP contribution in [-0.2, 0) is 6.61 Å². The number of methoxy groups -OCH3 is 1. The predicted octanol–water partition coefficient (Wildman–Crippen LogP) is 6.71. The number of hydrazone groups is 1. The summed E-state index contributed by atoms with van der Waals surface area (Å²) in [5.74, 6) is 0.782. The lowest BCUT2D eigenvalue weighted by Crippen LogP contribution is -2.19. The van der Waals surface area contributed by atoms with Crippen molar-refractivity contribution in [1.82, 2.24) is 5.43 Å². The highest BCUT2D eigenvalue weighted by atomic mass is 79.9. The van der Waals surface area contributed by atoms with E-state index in [1.54, 1.807) is 31.5 Å². The molecule has 1 aliphatic rings. The molecule has 1 amide bonds. The SMILES string of the molecule is COc1cc(/C=N\NC(=O)c2ccc(N3CCCC3)cc2)cc(Br)c1OCc1ccc(Cl)c(Cl)c1. The van der Waals surface area contributed by atoms with Crippen LogP contribution in [0.4, 0.5) is 5.69 Å². The van der Waals surface area contributed by atoms with Gasteiger partial charge in [-0.2, -0.15) is 5.10 Å². The molecule has 4 rings (SSSR count). The van der Waals surface area contributed by atoms with E-state index in [2.05, 4.69) is 31.4 Å². The highest BCUT2D eigenvalue weighted by Gasteiger charge is 2.14. The number of hydrogen-bond donors (Lipinski definition) is 1. The lowest BCUT2D eigenvalue weighted by molar-refractivity contribution is 0.0955. The first-order valence-electron chi connectivity index (χ1n) is 11.1. The van der Waals surface area contributed by atoms with E-state index >= 15 is 0 Å². The number of nitrogens with one attached hydrogen (secondary N) is 1. The van der Waals surface area contributed by atoms with E-state index in [0.717, 1.165) is 29.9 Å². The molecule has 0 aromatic heterocycles. The van der Waals surface area contributed by atoms with E-state index in [9.17, 15) is 4.79 Å².